The van der Waals surface area contributed by atoms with E-state index in [1.807, 2.05) is 67.6 Å². The van der Waals surface area contributed by atoms with Crippen molar-refractivity contribution < 1.29 is 9.47 Å². The highest BCUT2D eigenvalue weighted by Gasteiger charge is 2.23. The van der Waals surface area contributed by atoms with Gasteiger partial charge < -0.3 is 14.4 Å². The van der Waals surface area contributed by atoms with Gasteiger partial charge in [-0.2, -0.15) is 0 Å². The Morgan fingerprint density at radius 3 is 2.71 bits per heavy atom. The summed E-state index contributed by atoms with van der Waals surface area (Å²) in [5, 5.41) is 0. The van der Waals surface area contributed by atoms with Gasteiger partial charge in [0.05, 0.1) is 5.69 Å². The van der Waals surface area contributed by atoms with E-state index >= 15 is 0 Å². The van der Waals surface area contributed by atoms with Crippen LogP contribution in [0.4, 0.5) is 5.69 Å². The first-order valence-electron chi connectivity index (χ1n) is 8.04. The topological polar surface area (TPSA) is 21.7 Å². The highest BCUT2D eigenvalue weighted by molar-refractivity contribution is 5.66. The Kier molecular flexibility index (Phi) is 4.71. The average Bonchev–Trinajstić information content (AvgIpc) is 2.94. The first kappa shape index (κ1) is 15.9. The average molecular weight is 319 g/mol. The Labute approximate surface area is 143 Å². The van der Waals surface area contributed by atoms with E-state index in [1.54, 1.807) is 0 Å². The molecule has 3 nitrogen and oxygen atoms in total. The fourth-order valence-electron chi connectivity index (χ4n) is 2.59. The predicted octanol–water partition coefficient (Wildman–Crippen LogP) is 5.20. The number of benzene rings is 2. The molecule has 0 saturated carbocycles. The molecule has 3 rings (SSSR count). The monoisotopic (exact) mass is 319 g/mol. The molecule has 122 valence electrons. The van der Waals surface area contributed by atoms with Crippen molar-refractivity contribution >= 4 is 5.69 Å². The van der Waals surface area contributed by atoms with Gasteiger partial charge in [-0.3, -0.25) is 0 Å². The molecule has 0 atom stereocenters. The summed E-state index contributed by atoms with van der Waals surface area (Å²) in [4.78, 5) is 2.13. The van der Waals surface area contributed by atoms with Crippen LogP contribution in [0.15, 0.2) is 85.0 Å². The van der Waals surface area contributed by atoms with E-state index < -0.39 is 0 Å². The molecular formula is C21H21NO2. The summed E-state index contributed by atoms with van der Waals surface area (Å²) < 4.78 is 11.7. The SMILES string of the molecule is C=C(/C=C/C=C1\Oc2ccccc2N1CC)Oc1ccccc1C. The molecule has 0 fully saturated rings. The summed E-state index contributed by atoms with van der Waals surface area (Å²) in [7, 11) is 0. The van der Waals surface area contributed by atoms with Crippen molar-refractivity contribution in [3.8, 4) is 11.5 Å². The van der Waals surface area contributed by atoms with Crippen LogP contribution in [0.5, 0.6) is 11.5 Å². The van der Waals surface area contributed by atoms with Crippen LogP contribution >= 0.6 is 0 Å². The summed E-state index contributed by atoms with van der Waals surface area (Å²) in [6, 6.07) is 15.9. The van der Waals surface area contributed by atoms with Crippen molar-refractivity contribution in [2.75, 3.05) is 11.4 Å². The molecular weight excluding hydrogens is 298 g/mol. The quantitative estimate of drug-likeness (QED) is 0.558. The number of fused-ring (bicyclic) bond motifs is 1. The second kappa shape index (κ2) is 7.09. The molecule has 1 heterocycles. The zero-order chi connectivity index (χ0) is 16.9. The van der Waals surface area contributed by atoms with Gasteiger partial charge in [0, 0.05) is 6.54 Å². The van der Waals surface area contributed by atoms with E-state index in [4.69, 9.17) is 9.47 Å². The van der Waals surface area contributed by atoms with Gasteiger partial charge >= 0.3 is 0 Å². The van der Waals surface area contributed by atoms with Crippen LogP contribution in [0.3, 0.4) is 0 Å². The molecule has 0 unspecified atom stereocenters. The molecule has 24 heavy (non-hydrogen) atoms. The molecule has 3 heteroatoms. The number of ether oxygens (including phenoxy) is 2. The molecule has 0 aromatic heterocycles. The van der Waals surface area contributed by atoms with Crippen LogP contribution in [0.1, 0.15) is 12.5 Å². The van der Waals surface area contributed by atoms with Gasteiger partial charge in [-0.05, 0) is 49.8 Å². The molecule has 2 aromatic carbocycles. The maximum absolute atomic E-state index is 5.89. The first-order chi connectivity index (χ1) is 11.7. The van der Waals surface area contributed by atoms with Gasteiger partial charge in [0.25, 0.3) is 0 Å². The second-order valence-electron chi connectivity index (χ2n) is 5.51. The van der Waals surface area contributed by atoms with Gasteiger partial charge in [-0.15, -0.1) is 0 Å². The number of rotatable bonds is 5. The van der Waals surface area contributed by atoms with Crippen molar-refractivity contribution in [3.05, 3.63) is 90.5 Å². The Hall–Kier alpha value is -2.94. The Morgan fingerprint density at radius 2 is 1.92 bits per heavy atom. The molecule has 0 amide bonds. The summed E-state index contributed by atoms with van der Waals surface area (Å²) in [6.45, 7) is 8.90. The highest BCUT2D eigenvalue weighted by Crippen LogP contribution is 2.38. The van der Waals surface area contributed by atoms with Crippen molar-refractivity contribution in [2.45, 2.75) is 13.8 Å². The minimum atomic E-state index is 0.583. The molecule has 2 aromatic rings. The van der Waals surface area contributed by atoms with E-state index in [9.17, 15) is 0 Å². The lowest BCUT2D eigenvalue weighted by molar-refractivity contribution is 0.439. The minimum absolute atomic E-state index is 0.583. The molecule has 1 aliphatic rings. The fraction of sp³-hybridized carbons (Fsp3) is 0.143. The van der Waals surface area contributed by atoms with Gasteiger partial charge in [-0.25, -0.2) is 0 Å². The maximum atomic E-state index is 5.89. The van der Waals surface area contributed by atoms with Crippen molar-refractivity contribution in [3.63, 3.8) is 0 Å². The van der Waals surface area contributed by atoms with Gasteiger partial charge in [0.1, 0.15) is 11.5 Å². The van der Waals surface area contributed by atoms with Crippen LogP contribution in [-0.4, -0.2) is 6.54 Å². The van der Waals surface area contributed by atoms with Gasteiger partial charge in [0.15, 0.2) is 5.75 Å². The number of para-hydroxylation sites is 3. The van der Waals surface area contributed by atoms with Crippen LogP contribution in [0.2, 0.25) is 0 Å². The summed E-state index contributed by atoms with van der Waals surface area (Å²) >= 11 is 0. The number of anilines is 1. The third-order valence-corrected chi connectivity index (χ3v) is 3.81. The van der Waals surface area contributed by atoms with Gasteiger partial charge in [0.2, 0.25) is 5.88 Å². The van der Waals surface area contributed by atoms with E-state index in [-0.39, 0.29) is 0 Å². The Bertz CT molecular complexity index is 805. The molecule has 0 spiro atoms. The lowest BCUT2D eigenvalue weighted by atomic mass is 10.2. The van der Waals surface area contributed by atoms with Crippen LogP contribution in [0.25, 0.3) is 0 Å². The van der Waals surface area contributed by atoms with Crippen LogP contribution < -0.4 is 14.4 Å². The normalized spacial score (nSPS) is 14.8. The highest BCUT2D eigenvalue weighted by atomic mass is 16.5. The molecule has 0 bridgehead atoms. The molecule has 0 N–H and O–H groups in total. The molecule has 0 aliphatic carbocycles. The van der Waals surface area contributed by atoms with E-state index in [1.165, 1.54) is 0 Å². The second-order valence-corrected chi connectivity index (χ2v) is 5.51. The fourth-order valence-corrected chi connectivity index (χ4v) is 2.59. The van der Waals surface area contributed by atoms with Crippen molar-refractivity contribution in [2.24, 2.45) is 0 Å². The number of nitrogens with zero attached hydrogens (tertiary/aromatic N) is 1. The largest absolute Gasteiger partial charge is 0.458 e. The molecule has 1 aliphatic heterocycles. The molecule has 0 saturated heterocycles. The van der Waals surface area contributed by atoms with E-state index in [2.05, 4.69) is 24.5 Å². The van der Waals surface area contributed by atoms with Crippen molar-refractivity contribution in [1.82, 2.24) is 0 Å². The summed E-state index contributed by atoms with van der Waals surface area (Å²) in [6.07, 6.45) is 5.65. The van der Waals surface area contributed by atoms with Crippen molar-refractivity contribution in [1.29, 1.82) is 0 Å². The zero-order valence-corrected chi connectivity index (χ0v) is 14.0. The lowest BCUT2D eigenvalue weighted by Gasteiger charge is -2.14. The predicted molar refractivity (Wildman–Crippen MR) is 98.3 cm³/mol. The number of aryl methyl sites for hydroxylation is 1. The zero-order valence-electron chi connectivity index (χ0n) is 14.0. The Balaban J connectivity index is 1.68. The number of allylic oxidation sites excluding steroid dienone is 3. The molecule has 0 radical (unpaired) electrons. The third-order valence-electron chi connectivity index (χ3n) is 3.81. The summed E-state index contributed by atoms with van der Waals surface area (Å²) in [5.74, 6) is 3.09. The van der Waals surface area contributed by atoms with E-state index in [0.29, 0.717) is 5.76 Å². The smallest absolute Gasteiger partial charge is 0.200 e. The van der Waals surface area contributed by atoms with Crippen LogP contribution in [0, 0.1) is 6.92 Å². The summed E-state index contributed by atoms with van der Waals surface area (Å²) in [5.41, 5.74) is 2.17. The Morgan fingerprint density at radius 1 is 1.17 bits per heavy atom. The van der Waals surface area contributed by atoms with Gasteiger partial charge in [-0.1, -0.05) is 43.0 Å². The maximum Gasteiger partial charge on any atom is 0.200 e. The number of hydrogen-bond donors (Lipinski definition) is 0. The van der Waals surface area contributed by atoms with Crippen LogP contribution in [-0.2, 0) is 0 Å². The number of hydrogen-bond acceptors (Lipinski definition) is 3. The lowest BCUT2D eigenvalue weighted by Crippen LogP contribution is -2.18. The van der Waals surface area contributed by atoms with E-state index in [0.717, 1.165) is 35.2 Å². The third kappa shape index (κ3) is 3.35. The first-order valence-corrected chi connectivity index (χ1v) is 8.04. The minimum Gasteiger partial charge on any atom is -0.458 e. The standard InChI is InChI=1S/C21H21NO2/c1-4-22-18-12-6-8-14-20(18)24-21(22)15-9-11-17(3)23-19-13-7-5-10-16(19)2/h5-15H,3-4H2,1-2H3/b11-9+,21-15-.